The van der Waals surface area contributed by atoms with Crippen LogP contribution < -0.4 is 10.6 Å². The molecule has 0 aromatic carbocycles. The maximum absolute atomic E-state index is 11.5. The van der Waals surface area contributed by atoms with Crippen LogP contribution >= 0.6 is 0 Å². The second-order valence-corrected chi connectivity index (χ2v) is 4.47. The number of nitrogens with zero attached hydrogens (tertiary/aromatic N) is 1. The molecule has 0 radical (unpaired) electrons. The van der Waals surface area contributed by atoms with Crippen molar-refractivity contribution >= 4 is 12.0 Å². The minimum atomic E-state index is -1.02. The normalized spacial score (nSPS) is 19.6. The lowest BCUT2D eigenvalue weighted by molar-refractivity contribution is -0.142. The Bertz CT molecular complexity index is 313. The van der Waals surface area contributed by atoms with Crippen molar-refractivity contribution in [1.29, 1.82) is 0 Å². The molecule has 20 heavy (non-hydrogen) atoms. The first kappa shape index (κ1) is 16.7. The van der Waals surface area contributed by atoms with E-state index in [-0.39, 0.29) is 31.9 Å². The topological polar surface area (TPSA) is 100 Å². The van der Waals surface area contributed by atoms with Gasteiger partial charge in [0.25, 0.3) is 0 Å². The molecule has 1 saturated heterocycles. The van der Waals surface area contributed by atoms with Crippen LogP contribution in [-0.2, 0) is 14.3 Å². The van der Waals surface area contributed by atoms with Gasteiger partial charge in [-0.15, -0.1) is 0 Å². The molecule has 1 fully saturated rings. The van der Waals surface area contributed by atoms with Crippen molar-refractivity contribution in [2.75, 3.05) is 52.5 Å². The average Bonchev–Trinajstić information content (AvgIpc) is 2.44. The standard InChI is InChI=1S/C12H23N3O5/c1-2-15-4-6-20-10(8-15)7-14-12(18)13-3-5-19-9-11(16)17/h10H,2-9H2,1H3,(H,16,17)(H2,13,14,18). The SMILES string of the molecule is CCN1CCOC(CNC(=O)NCCOCC(=O)O)C1. The van der Waals surface area contributed by atoms with Gasteiger partial charge in [0.15, 0.2) is 0 Å². The van der Waals surface area contributed by atoms with Crippen molar-refractivity contribution in [2.24, 2.45) is 0 Å². The van der Waals surface area contributed by atoms with E-state index in [4.69, 9.17) is 14.6 Å². The number of urea groups is 1. The quantitative estimate of drug-likeness (QED) is 0.501. The van der Waals surface area contributed by atoms with Crippen LogP contribution in [0.2, 0.25) is 0 Å². The summed E-state index contributed by atoms with van der Waals surface area (Å²) >= 11 is 0. The molecule has 0 bridgehead atoms. The predicted molar refractivity (Wildman–Crippen MR) is 71.7 cm³/mol. The number of hydrogen-bond donors (Lipinski definition) is 3. The number of ether oxygens (including phenoxy) is 2. The Morgan fingerprint density at radius 2 is 2.25 bits per heavy atom. The maximum atomic E-state index is 11.5. The molecule has 0 aromatic rings. The van der Waals surface area contributed by atoms with E-state index < -0.39 is 5.97 Å². The fraction of sp³-hybridized carbons (Fsp3) is 0.833. The monoisotopic (exact) mass is 289 g/mol. The number of amides is 2. The van der Waals surface area contributed by atoms with Gasteiger partial charge in [-0.3, -0.25) is 4.90 Å². The van der Waals surface area contributed by atoms with Gasteiger partial charge in [-0.25, -0.2) is 9.59 Å². The van der Waals surface area contributed by atoms with Gasteiger partial charge in [-0.2, -0.15) is 0 Å². The number of carboxylic acids is 1. The van der Waals surface area contributed by atoms with E-state index in [1.165, 1.54) is 0 Å². The van der Waals surface area contributed by atoms with Crippen LogP contribution in [0.25, 0.3) is 0 Å². The molecule has 1 atom stereocenters. The van der Waals surface area contributed by atoms with Gasteiger partial charge in [0.05, 0.1) is 19.3 Å². The second-order valence-electron chi connectivity index (χ2n) is 4.47. The van der Waals surface area contributed by atoms with Gasteiger partial charge >= 0.3 is 12.0 Å². The number of morpholine rings is 1. The summed E-state index contributed by atoms with van der Waals surface area (Å²) in [5.74, 6) is -1.02. The van der Waals surface area contributed by atoms with Crippen molar-refractivity contribution in [3.63, 3.8) is 0 Å². The highest BCUT2D eigenvalue weighted by molar-refractivity contribution is 5.73. The van der Waals surface area contributed by atoms with Gasteiger partial charge in [0, 0.05) is 26.2 Å². The molecular weight excluding hydrogens is 266 g/mol. The number of carbonyl (C=O) groups excluding carboxylic acids is 1. The Morgan fingerprint density at radius 3 is 2.95 bits per heavy atom. The fourth-order valence-corrected chi connectivity index (χ4v) is 1.86. The molecule has 2 amide bonds. The first-order valence-electron chi connectivity index (χ1n) is 6.77. The molecule has 8 heteroatoms. The van der Waals surface area contributed by atoms with Gasteiger partial charge in [0.1, 0.15) is 6.61 Å². The molecule has 1 aliphatic heterocycles. The smallest absolute Gasteiger partial charge is 0.329 e. The second kappa shape index (κ2) is 9.51. The first-order valence-corrected chi connectivity index (χ1v) is 6.77. The Labute approximate surface area is 118 Å². The minimum absolute atomic E-state index is 0.0118. The molecule has 3 N–H and O–H groups in total. The zero-order chi connectivity index (χ0) is 14.8. The molecule has 0 aromatic heterocycles. The summed E-state index contributed by atoms with van der Waals surface area (Å²) in [6, 6.07) is -0.304. The summed E-state index contributed by atoms with van der Waals surface area (Å²) in [6.45, 7) is 6.05. The van der Waals surface area contributed by atoms with Crippen molar-refractivity contribution in [3.8, 4) is 0 Å². The van der Waals surface area contributed by atoms with Crippen molar-refractivity contribution in [3.05, 3.63) is 0 Å². The molecule has 1 heterocycles. The van der Waals surface area contributed by atoms with E-state index in [2.05, 4.69) is 22.5 Å². The average molecular weight is 289 g/mol. The molecular formula is C12H23N3O5. The number of nitrogens with one attached hydrogen (secondary N) is 2. The van der Waals surface area contributed by atoms with Crippen LogP contribution in [-0.4, -0.2) is 80.7 Å². The summed E-state index contributed by atoms with van der Waals surface area (Å²) in [7, 11) is 0. The number of aliphatic carboxylic acids is 1. The van der Waals surface area contributed by atoms with Crippen LogP contribution in [0, 0.1) is 0 Å². The molecule has 1 unspecified atom stereocenters. The zero-order valence-electron chi connectivity index (χ0n) is 11.8. The molecule has 0 aliphatic carbocycles. The van der Waals surface area contributed by atoms with Crippen molar-refractivity contribution in [1.82, 2.24) is 15.5 Å². The molecule has 1 rings (SSSR count). The third-order valence-electron chi connectivity index (χ3n) is 2.92. The number of carboxylic acid groups (broad SMARTS) is 1. The van der Waals surface area contributed by atoms with E-state index in [9.17, 15) is 9.59 Å². The highest BCUT2D eigenvalue weighted by Gasteiger charge is 2.19. The summed E-state index contributed by atoms with van der Waals surface area (Å²) in [6.07, 6.45) is 0.0118. The van der Waals surface area contributed by atoms with Crippen molar-refractivity contribution < 1.29 is 24.2 Å². The summed E-state index contributed by atoms with van der Waals surface area (Å²) in [4.78, 5) is 23.9. The number of carbonyl (C=O) groups is 2. The van der Waals surface area contributed by atoms with E-state index in [0.29, 0.717) is 13.2 Å². The Hall–Kier alpha value is -1.38. The minimum Gasteiger partial charge on any atom is -0.480 e. The van der Waals surface area contributed by atoms with Gasteiger partial charge in [-0.1, -0.05) is 6.92 Å². The lowest BCUT2D eigenvalue weighted by Crippen LogP contribution is -2.49. The van der Waals surface area contributed by atoms with E-state index >= 15 is 0 Å². The van der Waals surface area contributed by atoms with Crippen LogP contribution in [0.1, 0.15) is 6.92 Å². The van der Waals surface area contributed by atoms with Crippen molar-refractivity contribution in [2.45, 2.75) is 13.0 Å². The Kier molecular flexibility index (Phi) is 7.93. The van der Waals surface area contributed by atoms with Crippen LogP contribution in [0.4, 0.5) is 4.79 Å². The molecule has 0 saturated carbocycles. The number of likely N-dealkylation sites (N-methyl/N-ethyl adjacent to an activating group) is 1. The molecule has 116 valence electrons. The highest BCUT2D eigenvalue weighted by Crippen LogP contribution is 2.03. The Morgan fingerprint density at radius 1 is 1.45 bits per heavy atom. The van der Waals surface area contributed by atoms with E-state index in [0.717, 1.165) is 19.6 Å². The third kappa shape index (κ3) is 7.27. The molecule has 8 nitrogen and oxygen atoms in total. The zero-order valence-corrected chi connectivity index (χ0v) is 11.8. The number of hydrogen-bond acceptors (Lipinski definition) is 5. The van der Waals surface area contributed by atoms with Crippen LogP contribution in [0.3, 0.4) is 0 Å². The third-order valence-corrected chi connectivity index (χ3v) is 2.92. The predicted octanol–water partition coefficient (Wildman–Crippen LogP) is -0.892. The lowest BCUT2D eigenvalue weighted by Gasteiger charge is -2.32. The maximum Gasteiger partial charge on any atom is 0.329 e. The van der Waals surface area contributed by atoms with E-state index in [1.54, 1.807) is 0 Å². The summed E-state index contributed by atoms with van der Waals surface area (Å²) < 4.78 is 10.4. The number of rotatable bonds is 8. The van der Waals surface area contributed by atoms with Crippen LogP contribution in [0.5, 0.6) is 0 Å². The fourth-order valence-electron chi connectivity index (χ4n) is 1.86. The largest absolute Gasteiger partial charge is 0.480 e. The van der Waals surface area contributed by atoms with Gasteiger partial charge in [-0.05, 0) is 6.54 Å². The van der Waals surface area contributed by atoms with Gasteiger partial charge in [0.2, 0.25) is 0 Å². The molecule has 0 spiro atoms. The lowest BCUT2D eigenvalue weighted by atomic mass is 10.2. The summed E-state index contributed by atoms with van der Waals surface area (Å²) in [5, 5.41) is 13.7. The van der Waals surface area contributed by atoms with Crippen LogP contribution in [0.15, 0.2) is 0 Å². The molecule has 1 aliphatic rings. The van der Waals surface area contributed by atoms with Gasteiger partial charge < -0.3 is 25.2 Å². The highest BCUT2D eigenvalue weighted by atomic mass is 16.5. The first-order chi connectivity index (χ1) is 9.61. The van der Waals surface area contributed by atoms with E-state index in [1.807, 2.05) is 0 Å². The summed E-state index contributed by atoms with van der Waals surface area (Å²) in [5.41, 5.74) is 0. The Balaban J connectivity index is 2.03.